The van der Waals surface area contributed by atoms with E-state index in [0.29, 0.717) is 25.7 Å². The number of hydrogen-bond donors (Lipinski definition) is 3. The number of unbranched alkanes of at least 4 members (excludes halogenated alkanes) is 55. The maximum Gasteiger partial charge on any atom is 0.472 e. The highest BCUT2D eigenvalue weighted by Crippen LogP contribution is 2.45. The predicted octanol–water partition coefficient (Wildman–Crippen LogP) is 26.2. The molecule has 0 aliphatic heterocycles. The fourth-order valence-electron chi connectivity index (χ4n) is 13.4. The van der Waals surface area contributed by atoms with Crippen LogP contribution in [0.5, 0.6) is 0 Å². The Morgan fingerprint density at radius 3 is 0.648 bits per heavy atom. The first-order chi connectivity index (χ1) is 50.9. The Morgan fingerprint density at radius 2 is 0.438 bits per heavy atom. The third-order valence-corrected chi connectivity index (χ3v) is 22.1. The fraction of sp³-hybridized carbons (Fsp3) is 0.953. The van der Waals surface area contributed by atoms with Crippen molar-refractivity contribution in [2.45, 2.75) is 477 Å². The molecule has 3 N–H and O–H groups in total. The molecular weight excluding hydrogens is 1370 g/mol. The van der Waals surface area contributed by atoms with Gasteiger partial charge in [0.05, 0.1) is 26.4 Å². The van der Waals surface area contributed by atoms with Gasteiger partial charge in [-0.05, 0) is 37.5 Å². The van der Waals surface area contributed by atoms with Gasteiger partial charge in [-0.1, -0.05) is 408 Å². The summed E-state index contributed by atoms with van der Waals surface area (Å²) in [6.07, 6.45) is 69.7. The molecule has 0 bridgehead atoms. The monoisotopic (exact) mass is 1540 g/mol. The van der Waals surface area contributed by atoms with Crippen molar-refractivity contribution in [2.24, 2.45) is 11.8 Å². The maximum atomic E-state index is 13.1. The Kier molecular flexibility index (Phi) is 76.0. The van der Waals surface area contributed by atoms with Crippen LogP contribution in [0.25, 0.3) is 0 Å². The summed E-state index contributed by atoms with van der Waals surface area (Å²) in [4.78, 5) is 73.1. The summed E-state index contributed by atoms with van der Waals surface area (Å²) in [7, 11) is -9.92. The number of phosphoric acid groups is 2. The highest BCUT2D eigenvalue weighted by atomic mass is 31.2. The zero-order valence-corrected chi connectivity index (χ0v) is 70.8. The van der Waals surface area contributed by atoms with Crippen molar-refractivity contribution < 1.29 is 80.2 Å². The second kappa shape index (κ2) is 77.4. The number of aliphatic hydroxyl groups excluding tert-OH is 1. The van der Waals surface area contributed by atoms with Gasteiger partial charge in [0.25, 0.3) is 0 Å². The molecule has 0 aromatic heterocycles. The van der Waals surface area contributed by atoms with Crippen molar-refractivity contribution >= 4 is 39.5 Å². The van der Waals surface area contributed by atoms with Gasteiger partial charge in [0.1, 0.15) is 19.3 Å². The van der Waals surface area contributed by atoms with Crippen molar-refractivity contribution in [1.82, 2.24) is 0 Å². The maximum absolute atomic E-state index is 13.1. The first-order valence-corrected chi connectivity index (χ1v) is 47.5. The Bertz CT molecular complexity index is 2010. The normalized spacial score (nSPS) is 13.8. The number of esters is 4. The molecule has 17 nitrogen and oxygen atoms in total. The molecule has 2 unspecified atom stereocenters. The van der Waals surface area contributed by atoms with Gasteiger partial charge in [0.15, 0.2) is 12.2 Å². The lowest BCUT2D eigenvalue weighted by molar-refractivity contribution is -0.161. The van der Waals surface area contributed by atoms with Gasteiger partial charge in [-0.2, -0.15) is 0 Å². The smallest absolute Gasteiger partial charge is 0.462 e. The average Bonchev–Trinajstić information content (AvgIpc) is 0.912. The molecule has 0 aromatic carbocycles. The van der Waals surface area contributed by atoms with Gasteiger partial charge in [0.2, 0.25) is 0 Å². The van der Waals surface area contributed by atoms with Gasteiger partial charge in [-0.15, -0.1) is 0 Å². The molecule has 0 spiro atoms. The van der Waals surface area contributed by atoms with Crippen LogP contribution in [0.15, 0.2) is 0 Å². The second-order valence-corrected chi connectivity index (χ2v) is 34.8. The number of phosphoric ester groups is 2. The van der Waals surface area contributed by atoms with Crippen molar-refractivity contribution in [3.8, 4) is 0 Å². The lowest BCUT2D eigenvalue weighted by atomic mass is 10.0. The van der Waals surface area contributed by atoms with Crippen LogP contribution in [0.1, 0.15) is 459 Å². The lowest BCUT2D eigenvalue weighted by Crippen LogP contribution is -2.30. The van der Waals surface area contributed by atoms with Gasteiger partial charge >= 0.3 is 39.5 Å². The number of rotatable bonds is 85. The van der Waals surface area contributed by atoms with E-state index in [9.17, 15) is 43.2 Å². The van der Waals surface area contributed by atoms with E-state index in [1.807, 2.05) is 0 Å². The number of ether oxygens (including phenoxy) is 4. The van der Waals surface area contributed by atoms with E-state index < -0.39 is 97.5 Å². The van der Waals surface area contributed by atoms with Crippen LogP contribution in [0.2, 0.25) is 0 Å². The number of carbonyl (C=O) groups excluding carboxylic acids is 4. The number of aliphatic hydroxyl groups is 1. The minimum Gasteiger partial charge on any atom is -0.462 e. The van der Waals surface area contributed by atoms with E-state index in [0.717, 1.165) is 108 Å². The van der Waals surface area contributed by atoms with Crippen LogP contribution >= 0.6 is 15.6 Å². The molecule has 0 aromatic rings. The predicted molar refractivity (Wildman–Crippen MR) is 432 cm³/mol. The van der Waals surface area contributed by atoms with E-state index in [2.05, 4.69) is 41.5 Å². The molecule has 19 heteroatoms. The zero-order chi connectivity index (χ0) is 77.1. The van der Waals surface area contributed by atoms with Gasteiger partial charge in [-0.25, -0.2) is 9.13 Å². The largest absolute Gasteiger partial charge is 0.472 e. The first-order valence-electron chi connectivity index (χ1n) is 44.5. The number of carbonyl (C=O) groups is 4. The van der Waals surface area contributed by atoms with Crippen molar-refractivity contribution in [3.05, 3.63) is 0 Å². The Morgan fingerprint density at radius 1 is 0.257 bits per heavy atom. The molecule has 0 rings (SSSR count). The first kappa shape index (κ1) is 103. The van der Waals surface area contributed by atoms with Gasteiger partial charge in [-0.3, -0.25) is 37.3 Å². The van der Waals surface area contributed by atoms with Crippen LogP contribution in [0.4, 0.5) is 0 Å². The van der Waals surface area contributed by atoms with Crippen LogP contribution in [-0.4, -0.2) is 96.7 Å². The standard InChI is InChI=1S/C86H168O17P2/c1-7-9-11-13-15-17-18-19-20-21-22-23-24-28-31-34-40-45-51-57-63-69-84(89)97-75-82(103-85(90)70-64-58-52-46-41-35-32-29-26-25-27-30-33-38-43-48-54-60-66-78(3)4)77-101-105(94,95)99-73-80(87)72-98-104(92,93)100-76-81(74-96-83(88)68-62-56-50-16-14-12-10-8-2)102-86(91)71-65-59-53-47-42-37-36-39-44-49-55-61-67-79(5)6/h78-82,87H,7-77H2,1-6H3,(H,92,93)(H,94,95)/t80-,81+,82+/m0/s1. The molecule has 0 saturated carbocycles. The summed E-state index contributed by atoms with van der Waals surface area (Å²) >= 11 is 0. The number of hydrogen-bond acceptors (Lipinski definition) is 15. The van der Waals surface area contributed by atoms with E-state index in [1.165, 1.54) is 270 Å². The van der Waals surface area contributed by atoms with Crippen molar-refractivity contribution in [3.63, 3.8) is 0 Å². The molecule has 624 valence electrons. The Hall–Kier alpha value is -1.94. The Balaban J connectivity index is 5.18. The molecule has 0 fully saturated rings. The third kappa shape index (κ3) is 79.9. The molecule has 5 atom stereocenters. The molecular formula is C86H168O17P2. The molecule has 105 heavy (non-hydrogen) atoms. The minimum atomic E-state index is -4.96. The summed E-state index contributed by atoms with van der Waals surface area (Å²) < 4.78 is 68.8. The third-order valence-electron chi connectivity index (χ3n) is 20.2. The van der Waals surface area contributed by atoms with Crippen molar-refractivity contribution in [2.75, 3.05) is 39.6 Å². The quantitative estimate of drug-likeness (QED) is 0.0222. The molecule has 0 heterocycles. The summed E-state index contributed by atoms with van der Waals surface area (Å²) in [5.41, 5.74) is 0. The lowest BCUT2D eigenvalue weighted by Gasteiger charge is -2.21. The second-order valence-electron chi connectivity index (χ2n) is 31.9. The van der Waals surface area contributed by atoms with Crippen LogP contribution < -0.4 is 0 Å². The highest BCUT2D eigenvalue weighted by molar-refractivity contribution is 7.47. The summed E-state index contributed by atoms with van der Waals surface area (Å²) in [6, 6.07) is 0. The zero-order valence-electron chi connectivity index (χ0n) is 69.0. The van der Waals surface area contributed by atoms with Gasteiger partial charge in [0, 0.05) is 25.7 Å². The van der Waals surface area contributed by atoms with E-state index in [1.54, 1.807) is 0 Å². The Labute approximate surface area is 645 Å². The van der Waals surface area contributed by atoms with Crippen LogP contribution in [0.3, 0.4) is 0 Å². The summed E-state index contributed by atoms with van der Waals surface area (Å²) in [5, 5.41) is 10.7. The highest BCUT2D eigenvalue weighted by Gasteiger charge is 2.30. The molecule has 0 amide bonds. The fourth-order valence-corrected chi connectivity index (χ4v) is 15.0. The van der Waals surface area contributed by atoms with Gasteiger partial charge < -0.3 is 33.8 Å². The SMILES string of the molecule is CCCCCCCCCCCCCCCCCCCCCCCC(=O)OC[C@H](COP(=O)(O)OC[C@@H](O)COP(=O)(O)OC[C@@H](COC(=O)CCCCCCCCCC)OC(=O)CCCCCCCCCCCCCCC(C)C)OC(=O)CCCCCCCCCCCCCCCCCCCCC(C)C. The van der Waals surface area contributed by atoms with E-state index in [-0.39, 0.29) is 25.7 Å². The molecule has 0 aliphatic rings. The molecule has 0 radical (unpaired) electrons. The summed E-state index contributed by atoms with van der Waals surface area (Å²) in [5.74, 6) is -0.509. The minimum absolute atomic E-state index is 0.107. The van der Waals surface area contributed by atoms with Crippen LogP contribution in [-0.2, 0) is 65.4 Å². The van der Waals surface area contributed by atoms with Crippen LogP contribution in [0, 0.1) is 11.8 Å². The molecule has 0 aliphatic carbocycles. The van der Waals surface area contributed by atoms with E-state index in [4.69, 9.17) is 37.0 Å². The molecule has 0 saturated heterocycles. The average molecular weight is 1540 g/mol. The van der Waals surface area contributed by atoms with Crippen molar-refractivity contribution in [1.29, 1.82) is 0 Å². The van der Waals surface area contributed by atoms with E-state index >= 15 is 0 Å². The summed E-state index contributed by atoms with van der Waals surface area (Å²) in [6.45, 7) is 9.68. The topological polar surface area (TPSA) is 237 Å².